The predicted octanol–water partition coefficient (Wildman–Crippen LogP) is 2.43. The van der Waals surface area contributed by atoms with E-state index in [9.17, 15) is 9.59 Å². The van der Waals surface area contributed by atoms with Gasteiger partial charge in [-0.25, -0.2) is 9.97 Å². The predicted molar refractivity (Wildman–Crippen MR) is 101 cm³/mol. The van der Waals surface area contributed by atoms with Crippen molar-refractivity contribution >= 4 is 34.2 Å². The van der Waals surface area contributed by atoms with Crippen LogP contribution >= 0.6 is 11.6 Å². The largest absolute Gasteiger partial charge is 0.309 e. The molecule has 3 aromatic rings. The molecule has 0 aliphatic carbocycles. The van der Waals surface area contributed by atoms with Gasteiger partial charge < -0.3 is 10.3 Å². The third kappa shape index (κ3) is 4.07. The average Bonchev–Trinajstić information content (AvgIpc) is 2.63. The standard InChI is InChI=1S/C18H18ClN5O2/c1-11(17(25)22-15-8-7-12(19)9-20-15)24(2)10-16-21-14-6-4-3-5-13(14)18(26)23-16/h3-9,11H,10H2,1-2H3,(H,20,22,25)(H,21,23,26)/t11-/m1/s1. The molecule has 8 heteroatoms. The number of amides is 1. The topological polar surface area (TPSA) is 91.0 Å². The number of rotatable bonds is 5. The number of nitrogens with one attached hydrogen (secondary N) is 2. The second-order valence-corrected chi connectivity index (χ2v) is 6.41. The van der Waals surface area contributed by atoms with Gasteiger partial charge in [-0.1, -0.05) is 23.7 Å². The lowest BCUT2D eigenvalue weighted by atomic mass is 10.2. The molecule has 7 nitrogen and oxygen atoms in total. The number of nitrogens with zero attached hydrogens (tertiary/aromatic N) is 3. The van der Waals surface area contributed by atoms with Gasteiger partial charge >= 0.3 is 0 Å². The van der Waals surface area contributed by atoms with Crippen LogP contribution in [0.3, 0.4) is 0 Å². The van der Waals surface area contributed by atoms with Gasteiger partial charge in [-0.3, -0.25) is 14.5 Å². The molecule has 0 bridgehead atoms. The summed E-state index contributed by atoms with van der Waals surface area (Å²) in [4.78, 5) is 37.6. The molecular formula is C18H18ClN5O2. The van der Waals surface area contributed by atoms with E-state index in [-0.39, 0.29) is 11.5 Å². The van der Waals surface area contributed by atoms with E-state index in [2.05, 4.69) is 20.3 Å². The van der Waals surface area contributed by atoms with Gasteiger partial charge in [-0.05, 0) is 38.2 Å². The third-order valence-corrected chi connectivity index (χ3v) is 4.30. The Kier molecular flexibility index (Phi) is 5.29. The maximum Gasteiger partial charge on any atom is 0.258 e. The first kappa shape index (κ1) is 18.0. The van der Waals surface area contributed by atoms with Crippen molar-refractivity contribution < 1.29 is 4.79 Å². The SMILES string of the molecule is C[C@H](C(=O)Nc1ccc(Cl)cn1)N(C)Cc1nc2ccccc2c(=O)[nH]1. The summed E-state index contributed by atoms with van der Waals surface area (Å²) in [5, 5.41) is 3.77. The molecule has 2 N–H and O–H groups in total. The molecule has 26 heavy (non-hydrogen) atoms. The number of aromatic nitrogens is 3. The smallest absolute Gasteiger partial charge is 0.258 e. The van der Waals surface area contributed by atoms with E-state index in [4.69, 9.17) is 11.6 Å². The molecule has 2 heterocycles. The van der Waals surface area contributed by atoms with Crippen molar-refractivity contribution in [2.24, 2.45) is 0 Å². The summed E-state index contributed by atoms with van der Waals surface area (Å²) in [5.74, 6) is 0.711. The molecule has 3 rings (SSSR count). The minimum atomic E-state index is -0.454. The Labute approximate surface area is 155 Å². The number of likely N-dealkylation sites (N-methyl/N-ethyl adjacent to an activating group) is 1. The van der Waals surface area contributed by atoms with Crippen molar-refractivity contribution in [3.63, 3.8) is 0 Å². The van der Waals surface area contributed by atoms with Gasteiger partial charge in [0.15, 0.2) is 0 Å². The van der Waals surface area contributed by atoms with Crippen molar-refractivity contribution in [3.8, 4) is 0 Å². The fourth-order valence-electron chi connectivity index (χ4n) is 2.46. The Hall–Kier alpha value is -2.77. The van der Waals surface area contributed by atoms with Crippen molar-refractivity contribution in [1.29, 1.82) is 0 Å². The number of halogens is 1. The van der Waals surface area contributed by atoms with Crippen molar-refractivity contribution in [2.75, 3.05) is 12.4 Å². The van der Waals surface area contributed by atoms with Gasteiger partial charge in [0, 0.05) is 6.20 Å². The number of para-hydroxylation sites is 1. The maximum atomic E-state index is 12.4. The van der Waals surface area contributed by atoms with Crippen molar-refractivity contribution in [3.05, 3.63) is 63.8 Å². The van der Waals surface area contributed by atoms with Gasteiger partial charge in [0.25, 0.3) is 5.56 Å². The van der Waals surface area contributed by atoms with Crippen molar-refractivity contribution in [2.45, 2.75) is 19.5 Å². The highest BCUT2D eigenvalue weighted by Gasteiger charge is 2.19. The first-order chi connectivity index (χ1) is 12.4. The summed E-state index contributed by atoms with van der Waals surface area (Å²) >= 11 is 5.79. The highest BCUT2D eigenvalue weighted by Crippen LogP contribution is 2.11. The number of anilines is 1. The molecule has 1 aromatic carbocycles. The van der Waals surface area contributed by atoms with E-state index >= 15 is 0 Å². The molecular weight excluding hydrogens is 354 g/mol. The van der Waals surface area contributed by atoms with E-state index in [1.165, 1.54) is 6.20 Å². The number of carbonyl (C=O) groups excluding carboxylic acids is 1. The Bertz CT molecular complexity index is 987. The van der Waals surface area contributed by atoms with Crippen LogP contribution in [-0.2, 0) is 11.3 Å². The summed E-state index contributed by atoms with van der Waals surface area (Å²) in [7, 11) is 1.79. The van der Waals surface area contributed by atoms with Crippen LogP contribution in [-0.4, -0.2) is 38.8 Å². The van der Waals surface area contributed by atoms with E-state index in [1.54, 1.807) is 49.2 Å². The van der Waals surface area contributed by atoms with Gasteiger partial charge in [-0.15, -0.1) is 0 Å². The lowest BCUT2D eigenvalue weighted by molar-refractivity contribution is -0.120. The van der Waals surface area contributed by atoms with E-state index in [0.29, 0.717) is 34.1 Å². The Balaban J connectivity index is 1.70. The molecule has 0 aliphatic rings. The highest BCUT2D eigenvalue weighted by molar-refractivity contribution is 6.30. The minimum Gasteiger partial charge on any atom is -0.309 e. The average molecular weight is 372 g/mol. The molecule has 0 aliphatic heterocycles. The number of H-pyrrole nitrogens is 1. The summed E-state index contributed by atoms with van der Waals surface area (Å²) in [6.07, 6.45) is 1.47. The molecule has 2 aromatic heterocycles. The number of benzene rings is 1. The second kappa shape index (κ2) is 7.63. The number of hydrogen-bond donors (Lipinski definition) is 2. The van der Waals surface area contributed by atoms with E-state index in [0.717, 1.165) is 0 Å². The lowest BCUT2D eigenvalue weighted by Crippen LogP contribution is -2.39. The van der Waals surface area contributed by atoms with Crippen LogP contribution in [0.4, 0.5) is 5.82 Å². The van der Waals surface area contributed by atoms with Crippen LogP contribution in [0.15, 0.2) is 47.4 Å². The maximum absolute atomic E-state index is 12.4. The second-order valence-electron chi connectivity index (χ2n) is 5.97. The number of fused-ring (bicyclic) bond motifs is 1. The monoisotopic (exact) mass is 371 g/mol. The first-order valence-corrected chi connectivity index (χ1v) is 8.42. The quantitative estimate of drug-likeness (QED) is 0.718. The number of hydrogen-bond acceptors (Lipinski definition) is 5. The van der Waals surface area contributed by atoms with Crippen LogP contribution < -0.4 is 10.9 Å². The summed E-state index contributed by atoms with van der Waals surface area (Å²) in [6.45, 7) is 2.09. The summed E-state index contributed by atoms with van der Waals surface area (Å²) < 4.78 is 0. The Morgan fingerprint density at radius 3 is 2.81 bits per heavy atom. The number of aromatic amines is 1. The zero-order chi connectivity index (χ0) is 18.7. The van der Waals surface area contributed by atoms with Crippen LogP contribution in [0, 0.1) is 0 Å². The fourth-order valence-corrected chi connectivity index (χ4v) is 2.58. The molecule has 134 valence electrons. The molecule has 1 atom stereocenters. The van der Waals surface area contributed by atoms with Crippen molar-refractivity contribution in [1.82, 2.24) is 19.9 Å². The number of pyridine rings is 1. The normalized spacial score (nSPS) is 12.3. The van der Waals surface area contributed by atoms with Crippen LogP contribution in [0.25, 0.3) is 10.9 Å². The zero-order valence-corrected chi connectivity index (χ0v) is 15.1. The zero-order valence-electron chi connectivity index (χ0n) is 14.4. The van der Waals surface area contributed by atoms with E-state index in [1.807, 2.05) is 6.07 Å². The van der Waals surface area contributed by atoms with Crippen LogP contribution in [0.1, 0.15) is 12.7 Å². The molecule has 0 spiro atoms. The fraction of sp³-hybridized carbons (Fsp3) is 0.222. The Morgan fingerprint density at radius 1 is 1.31 bits per heavy atom. The molecule has 0 unspecified atom stereocenters. The highest BCUT2D eigenvalue weighted by atomic mass is 35.5. The molecule has 0 saturated carbocycles. The third-order valence-electron chi connectivity index (χ3n) is 4.08. The molecule has 0 radical (unpaired) electrons. The summed E-state index contributed by atoms with van der Waals surface area (Å²) in [5.41, 5.74) is 0.434. The van der Waals surface area contributed by atoms with Gasteiger partial charge in [0.05, 0.1) is 28.5 Å². The first-order valence-electron chi connectivity index (χ1n) is 8.04. The molecule has 0 saturated heterocycles. The molecule has 0 fully saturated rings. The minimum absolute atomic E-state index is 0.193. The molecule has 1 amide bonds. The Morgan fingerprint density at radius 2 is 2.08 bits per heavy atom. The lowest BCUT2D eigenvalue weighted by Gasteiger charge is -2.23. The van der Waals surface area contributed by atoms with Gasteiger partial charge in [0.2, 0.25) is 5.91 Å². The van der Waals surface area contributed by atoms with Gasteiger partial charge in [-0.2, -0.15) is 0 Å². The van der Waals surface area contributed by atoms with Gasteiger partial charge in [0.1, 0.15) is 11.6 Å². The number of carbonyl (C=O) groups is 1. The summed E-state index contributed by atoms with van der Waals surface area (Å²) in [6, 6.07) is 9.97. The van der Waals surface area contributed by atoms with E-state index < -0.39 is 6.04 Å². The van der Waals surface area contributed by atoms with Crippen LogP contribution in [0.5, 0.6) is 0 Å². The van der Waals surface area contributed by atoms with Crippen LogP contribution in [0.2, 0.25) is 5.02 Å².